The second-order valence-electron chi connectivity index (χ2n) is 4.62. The van der Waals surface area contributed by atoms with Gasteiger partial charge in [-0.25, -0.2) is 0 Å². The van der Waals surface area contributed by atoms with Crippen LogP contribution in [0.15, 0.2) is 91.0 Å². The van der Waals surface area contributed by atoms with Crippen LogP contribution in [0.3, 0.4) is 0 Å². The molecule has 3 aromatic rings. The summed E-state index contributed by atoms with van der Waals surface area (Å²) in [6.07, 6.45) is 0. The van der Waals surface area contributed by atoms with Crippen LogP contribution in [0.25, 0.3) is 0 Å². The Balaban J connectivity index is 0.00000161. The Morgan fingerprint density at radius 1 is 0.476 bits per heavy atom. The summed E-state index contributed by atoms with van der Waals surface area (Å²) in [5, 5.41) is 2.62. The van der Waals surface area contributed by atoms with Crippen LogP contribution < -0.4 is 15.9 Å². The molecule has 0 aliphatic rings. The van der Waals surface area contributed by atoms with Crippen molar-refractivity contribution in [1.82, 2.24) is 0 Å². The zero-order valence-electron chi connectivity index (χ0n) is 11.4. The number of rotatable bonds is 3. The Kier molecular flexibility index (Phi) is 5.91. The van der Waals surface area contributed by atoms with Gasteiger partial charge in [0.05, 0.1) is 0 Å². The van der Waals surface area contributed by atoms with Gasteiger partial charge in [0.1, 0.15) is 0 Å². The van der Waals surface area contributed by atoms with E-state index in [1.807, 2.05) is 91.0 Å². The van der Waals surface area contributed by atoms with Gasteiger partial charge in [-0.2, -0.15) is 0 Å². The molecule has 0 aliphatic carbocycles. The zero-order valence-corrected chi connectivity index (χ0v) is 14.9. The topological polar surface area (TPSA) is 17.1 Å². The molecule has 0 N–H and O–H groups in total. The van der Waals surface area contributed by atoms with E-state index in [4.69, 9.17) is 0 Å². The molecular weight excluding hydrogens is 414 g/mol. The molecule has 104 valence electrons. The summed E-state index contributed by atoms with van der Waals surface area (Å²) in [6, 6.07) is 29.1. The number of hydrogen-bond acceptors (Lipinski definition) is 1. The molecule has 3 heteroatoms. The van der Waals surface area contributed by atoms with Crippen LogP contribution in [0.1, 0.15) is 0 Å². The first-order valence-corrected chi connectivity index (χ1v) is 8.29. The molecule has 0 fully saturated rings. The van der Waals surface area contributed by atoms with Crippen molar-refractivity contribution in [3.8, 4) is 0 Å². The van der Waals surface area contributed by atoms with Gasteiger partial charge < -0.3 is 4.57 Å². The van der Waals surface area contributed by atoms with Gasteiger partial charge >= 0.3 is 0 Å². The van der Waals surface area contributed by atoms with Crippen molar-refractivity contribution in [1.29, 1.82) is 0 Å². The fourth-order valence-corrected chi connectivity index (χ4v) is 5.03. The van der Waals surface area contributed by atoms with Crippen LogP contribution >= 0.6 is 7.14 Å². The summed E-state index contributed by atoms with van der Waals surface area (Å²) in [5.74, 6) is 0. The molecule has 0 saturated heterocycles. The van der Waals surface area contributed by atoms with Crippen LogP contribution in [0.4, 0.5) is 0 Å². The van der Waals surface area contributed by atoms with Gasteiger partial charge in [0.2, 0.25) is 0 Å². The Morgan fingerprint density at radius 2 is 0.714 bits per heavy atom. The quantitative estimate of drug-likeness (QED) is 0.585. The molecule has 3 rings (SSSR count). The second kappa shape index (κ2) is 7.48. The molecule has 21 heavy (non-hydrogen) atoms. The summed E-state index contributed by atoms with van der Waals surface area (Å²) in [6.45, 7) is 0. The maximum Gasteiger partial charge on any atom is 0.171 e. The largest absolute Gasteiger partial charge is 0.309 e. The molecule has 0 aliphatic heterocycles. The van der Waals surface area contributed by atoms with E-state index in [9.17, 15) is 4.57 Å². The van der Waals surface area contributed by atoms with E-state index in [2.05, 4.69) is 0 Å². The maximum absolute atomic E-state index is 13.8. The summed E-state index contributed by atoms with van der Waals surface area (Å²) in [5.41, 5.74) is 0. The van der Waals surface area contributed by atoms with E-state index in [1.54, 1.807) is 0 Å². The predicted octanol–water partition coefficient (Wildman–Crippen LogP) is 3.33. The van der Waals surface area contributed by atoms with Gasteiger partial charge in [-0.05, 0) is 0 Å². The van der Waals surface area contributed by atoms with Crippen LogP contribution in [0.2, 0.25) is 0 Å². The van der Waals surface area contributed by atoms with Crippen molar-refractivity contribution in [3.05, 3.63) is 91.0 Å². The van der Waals surface area contributed by atoms with Gasteiger partial charge in [0.25, 0.3) is 0 Å². The van der Waals surface area contributed by atoms with Gasteiger partial charge in [-0.15, -0.1) is 0 Å². The molecule has 0 bridgehead atoms. The van der Waals surface area contributed by atoms with E-state index < -0.39 is 7.14 Å². The van der Waals surface area contributed by atoms with Crippen molar-refractivity contribution in [2.75, 3.05) is 0 Å². The Hall–Kier alpha value is -0.772. The van der Waals surface area contributed by atoms with Crippen molar-refractivity contribution in [3.63, 3.8) is 0 Å². The molecule has 0 atom stereocenters. The average molecular weight is 429 g/mol. The third-order valence-electron chi connectivity index (χ3n) is 3.36. The molecular formula is C18H15OPSm. The maximum atomic E-state index is 13.8. The van der Waals surface area contributed by atoms with Crippen LogP contribution in [-0.4, -0.2) is 0 Å². The predicted molar refractivity (Wildman–Crippen MR) is 85.8 cm³/mol. The average Bonchev–Trinajstić information content (AvgIpc) is 2.56. The summed E-state index contributed by atoms with van der Waals surface area (Å²) >= 11 is 0. The van der Waals surface area contributed by atoms with Gasteiger partial charge in [-0.1, -0.05) is 91.0 Å². The molecule has 0 saturated carbocycles. The Bertz CT molecular complexity index is 624. The molecule has 0 spiro atoms. The summed E-state index contributed by atoms with van der Waals surface area (Å²) < 4.78 is 13.8. The van der Waals surface area contributed by atoms with E-state index in [0.717, 1.165) is 15.9 Å². The van der Waals surface area contributed by atoms with E-state index in [0.29, 0.717) is 0 Å². The number of hydrogen-bond donors (Lipinski definition) is 0. The van der Waals surface area contributed by atoms with Crippen molar-refractivity contribution >= 4 is 23.1 Å². The molecule has 0 radical (unpaired) electrons. The molecule has 0 heterocycles. The van der Waals surface area contributed by atoms with E-state index in [-0.39, 0.29) is 40.4 Å². The van der Waals surface area contributed by atoms with Gasteiger partial charge in [0.15, 0.2) is 7.14 Å². The van der Waals surface area contributed by atoms with Crippen molar-refractivity contribution in [2.45, 2.75) is 0 Å². The monoisotopic (exact) mass is 430 g/mol. The van der Waals surface area contributed by atoms with Crippen LogP contribution in [-0.2, 0) is 4.57 Å². The third-order valence-corrected chi connectivity index (χ3v) is 6.44. The van der Waals surface area contributed by atoms with E-state index >= 15 is 0 Å². The second-order valence-corrected chi connectivity index (χ2v) is 7.38. The summed E-state index contributed by atoms with van der Waals surface area (Å²) in [7, 11) is -2.78. The molecule has 0 unspecified atom stereocenters. The SMILES string of the molecule is O=P(c1ccccc1)(c1ccccc1)c1ccccc1.[Sm]. The van der Waals surface area contributed by atoms with Crippen molar-refractivity contribution < 1.29 is 45.0 Å². The Labute approximate surface area is 157 Å². The normalized spacial score (nSPS) is 10.7. The minimum absolute atomic E-state index is 0. The standard InChI is InChI=1S/C18H15OP.Sm/c19-20(16-10-4-1-5-11-16,17-12-6-2-7-13-17)18-14-8-3-9-15-18;/h1-15H;. The first-order valence-electron chi connectivity index (χ1n) is 6.59. The van der Waals surface area contributed by atoms with Gasteiger partial charge in [-0.3, -0.25) is 0 Å². The fourth-order valence-electron chi connectivity index (χ4n) is 2.36. The minimum atomic E-state index is -2.78. The van der Waals surface area contributed by atoms with Crippen molar-refractivity contribution in [2.24, 2.45) is 0 Å². The third kappa shape index (κ3) is 3.36. The molecule has 0 aromatic heterocycles. The smallest absolute Gasteiger partial charge is 0.171 e. The first kappa shape index (κ1) is 16.6. The molecule has 3 aromatic carbocycles. The summed E-state index contributed by atoms with van der Waals surface area (Å²) in [4.78, 5) is 0. The fraction of sp³-hybridized carbons (Fsp3) is 0. The molecule has 0 amide bonds. The Morgan fingerprint density at radius 3 is 0.952 bits per heavy atom. The van der Waals surface area contributed by atoms with Crippen LogP contribution in [0, 0.1) is 40.4 Å². The van der Waals surface area contributed by atoms with Gasteiger partial charge in [0, 0.05) is 56.3 Å². The molecule has 1 nitrogen and oxygen atoms in total. The minimum Gasteiger partial charge on any atom is -0.309 e. The first-order chi connectivity index (χ1) is 9.82. The van der Waals surface area contributed by atoms with E-state index in [1.165, 1.54) is 0 Å². The van der Waals surface area contributed by atoms with Crippen LogP contribution in [0.5, 0.6) is 0 Å². The zero-order chi connectivity index (χ0) is 13.8. The number of benzene rings is 3.